The zero-order chi connectivity index (χ0) is 16.1. The summed E-state index contributed by atoms with van der Waals surface area (Å²) in [6.07, 6.45) is 0.0528. The molecule has 22 heavy (non-hydrogen) atoms. The minimum atomic E-state index is -0.833. The summed E-state index contributed by atoms with van der Waals surface area (Å²) in [5.74, 6) is -1.30. The third-order valence-electron chi connectivity index (χ3n) is 2.86. The summed E-state index contributed by atoms with van der Waals surface area (Å²) in [4.78, 5) is 11.8. The van der Waals surface area contributed by atoms with Crippen molar-refractivity contribution in [2.75, 3.05) is 11.9 Å². The zero-order valence-electron chi connectivity index (χ0n) is 11.8. The fraction of sp³-hybridized carbons (Fsp3) is 0.188. The van der Waals surface area contributed by atoms with Gasteiger partial charge in [0.25, 0.3) is 0 Å². The molecule has 0 spiro atoms. The molecule has 2 aromatic carbocycles. The molecule has 0 saturated heterocycles. The maximum absolute atomic E-state index is 13.6. The molecule has 1 amide bonds. The molecule has 0 aliphatic rings. The molecule has 1 N–H and O–H groups in total. The van der Waals surface area contributed by atoms with E-state index in [-0.39, 0.29) is 23.2 Å². The lowest BCUT2D eigenvalue weighted by atomic mass is 10.2. The maximum atomic E-state index is 13.6. The van der Waals surface area contributed by atoms with Gasteiger partial charge in [0.2, 0.25) is 5.91 Å². The van der Waals surface area contributed by atoms with Crippen molar-refractivity contribution in [3.63, 3.8) is 0 Å². The summed E-state index contributed by atoms with van der Waals surface area (Å²) in [6.45, 7) is 2.10. The molecule has 6 heteroatoms. The number of carbonyl (C=O) groups is 1. The first-order valence-electron chi connectivity index (χ1n) is 6.59. The highest BCUT2D eigenvalue weighted by atomic mass is 79.9. The van der Waals surface area contributed by atoms with Crippen molar-refractivity contribution in [2.24, 2.45) is 0 Å². The minimum Gasteiger partial charge on any atom is -0.493 e. The third kappa shape index (κ3) is 4.53. The number of hydrogen-bond acceptors (Lipinski definition) is 2. The molecule has 0 fully saturated rings. The number of benzene rings is 2. The first kappa shape index (κ1) is 16.4. The number of aryl methyl sites for hydroxylation is 1. The summed E-state index contributed by atoms with van der Waals surface area (Å²) in [7, 11) is 0. The molecule has 0 aliphatic carbocycles. The average Bonchev–Trinajstić information content (AvgIpc) is 2.43. The summed E-state index contributed by atoms with van der Waals surface area (Å²) in [6, 6.07) is 9.24. The van der Waals surface area contributed by atoms with Crippen molar-refractivity contribution < 1.29 is 18.3 Å². The van der Waals surface area contributed by atoms with E-state index in [0.29, 0.717) is 11.8 Å². The lowest BCUT2D eigenvalue weighted by Crippen LogP contribution is -2.16. The van der Waals surface area contributed by atoms with E-state index in [4.69, 9.17) is 4.74 Å². The Morgan fingerprint density at radius 1 is 1.27 bits per heavy atom. The van der Waals surface area contributed by atoms with Gasteiger partial charge in [0.05, 0.1) is 18.7 Å². The van der Waals surface area contributed by atoms with Crippen LogP contribution >= 0.6 is 15.9 Å². The number of halogens is 3. The van der Waals surface area contributed by atoms with Crippen LogP contribution in [0.25, 0.3) is 0 Å². The molecule has 2 rings (SSSR count). The van der Waals surface area contributed by atoms with E-state index in [0.717, 1.165) is 11.6 Å². The summed E-state index contributed by atoms with van der Waals surface area (Å²) in [5, 5.41) is 2.40. The van der Waals surface area contributed by atoms with E-state index in [1.807, 2.05) is 25.1 Å². The van der Waals surface area contributed by atoms with Gasteiger partial charge in [0.15, 0.2) is 5.82 Å². The van der Waals surface area contributed by atoms with Crippen molar-refractivity contribution in [1.29, 1.82) is 0 Å². The van der Waals surface area contributed by atoms with Crippen molar-refractivity contribution in [2.45, 2.75) is 13.3 Å². The van der Waals surface area contributed by atoms with E-state index >= 15 is 0 Å². The fourth-order valence-electron chi connectivity index (χ4n) is 1.83. The molecule has 2 aromatic rings. The standard InChI is InChI=1S/C16H14BrF2NO2/c1-10-3-2-4-12(7-10)22-6-5-15(21)20-16-13(17)8-11(18)9-14(16)19/h2-4,7-9H,5-6H2,1H3,(H,20,21). The number of rotatable bonds is 5. The van der Waals surface area contributed by atoms with Crippen molar-refractivity contribution >= 4 is 27.5 Å². The van der Waals surface area contributed by atoms with Crippen LogP contribution in [-0.4, -0.2) is 12.5 Å². The Balaban J connectivity index is 1.89. The highest BCUT2D eigenvalue weighted by molar-refractivity contribution is 9.10. The number of nitrogens with one attached hydrogen (secondary N) is 1. The topological polar surface area (TPSA) is 38.3 Å². The van der Waals surface area contributed by atoms with Crippen LogP contribution in [0.1, 0.15) is 12.0 Å². The van der Waals surface area contributed by atoms with Gasteiger partial charge in [-0.3, -0.25) is 4.79 Å². The van der Waals surface area contributed by atoms with Gasteiger partial charge in [0.1, 0.15) is 11.6 Å². The SMILES string of the molecule is Cc1cccc(OCCC(=O)Nc2c(F)cc(F)cc2Br)c1. The van der Waals surface area contributed by atoms with Crippen LogP contribution in [0.5, 0.6) is 5.75 Å². The molecule has 0 saturated carbocycles. The van der Waals surface area contributed by atoms with Gasteiger partial charge in [-0.05, 0) is 46.6 Å². The van der Waals surface area contributed by atoms with Gasteiger partial charge in [-0.15, -0.1) is 0 Å². The molecular formula is C16H14BrF2NO2. The van der Waals surface area contributed by atoms with Crippen LogP contribution in [0, 0.1) is 18.6 Å². The van der Waals surface area contributed by atoms with E-state index in [1.165, 1.54) is 0 Å². The van der Waals surface area contributed by atoms with Crippen LogP contribution in [0.4, 0.5) is 14.5 Å². The Bertz CT molecular complexity index is 669. The van der Waals surface area contributed by atoms with Gasteiger partial charge in [0, 0.05) is 10.5 Å². The van der Waals surface area contributed by atoms with E-state index < -0.39 is 17.5 Å². The third-order valence-corrected chi connectivity index (χ3v) is 3.48. The summed E-state index contributed by atoms with van der Waals surface area (Å²) in [5.41, 5.74) is 0.973. The zero-order valence-corrected chi connectivity index (χ0v) is 13.4. The Morgan fingerprint density at radius 3 is 2.73 bits per heavy atom. The van der Waals surface area contributed by atoms with Crippen molar-refractivity contribution in [1.82, 2.24) is 0 Å². The quantitative estimate of drug-likeness (QED) is 0.845. The Kier molecular flexibility index (Phi) is 5.49. The van der Waals surface area contributed by atoms with Crippen molar-refractivity contribution in [3.8, 4) is 5.75 Å². The van der Waals surface area contributed by atoms with Crippen LogP contribution in [0.2, 0.25) is 0 Å². The van der Waals surface area contributed by atoms with Crippen LogP contribution in [-0.2, 0) is 4.79 Å². The normalized spacial score (nSPS) is 10.4. The minimum absolute atomic E-state index is 0.0528. The predicted molar refractivity (Wildman–Crippen MR) is 84.0 cm³/mol. The second kappa shape index (κ2) is 7.35. The summed E-state index contributed by atoms with van der Waals surface area (Å²) < 4.78 is 32.2. The molecular weight excluding hydrogens is 356 g/mol. The first-order chi connectivity index (χ1) is 10.5. The molecule has 3 nitrogen and oxygen atoms in total. The molecule has 0 heterocycles. The van der Waals surface area contributed by atoms with Gasteiger partial charge in [-0.2, -0.15) is 0 Å². The average molecular weight is 370 g/mol. The lowest BCUT2D eigenvalue weighted by molar-refractivity contribution is -0.116. The maximum Gasteiger partial charge on any atom is 0.227 e. The molecule has 0 aliphatic heterocycles. The Morgan fingerprint density at radius 2 is 2.05 bits per heavy atom. The molecule has 0 atom stereocenters. The second-order valence-electron chi connectivity index (χ2n) is 4.71. The lowest BCUT2D eigenvalue weighted by Gasteiger charge is -2.10. The second-order valence-corrected chi connectivity index (χ2v) is 5.56. The predicted octanol–water partition coefficient (Wildman–Crippen LogP) is 4.44. The first-order valence-corrected chi connectivity index (χ1v) is 7.39. The van der Waals surface area contributed by atoms with Crippen molar-refractivity contribution in [3.05, 3.63) is 58.1 Å². The Labute approximate surface area is 135 Å². The van der Waals surface area contributed by atoms with E-state index in [2.05, 4.69) is 21.2 Å². The van der Waals surface area contributed by atoms with E-state index in [1.54, 1.807) is 6.07 Å². The highest BCUT2D eigenvalue weighted by Crippen LogP contribution is 2.26. The number of amides is 1. The molecule has 0 radical (unpaired) electrons. The van der Waals surface area contributed by atoms with Crippen LogP contribution < -0.4 is 10.1 Å². The fourth-order valence-corrected chi connectivity index (χ4v) is 2.34. The molecule has 116 valence electrons. The molecule has 0 bridgehead atoms. The number of hydrogen-bond donors (Lipinski definition) is 1. The van der Waals surface area contributed by atoms with Gasteiger partial charge in [-0.25, -0.2) is 8.78 Å². The molecule has 0 unspecified atom stereocenters. The van der Waals surface area contributed by atoms with Gasteiger partial charge in [-0.1, -0.05) is 12.1 Å². The number of carbonyl (C=O) groups excluding carboxylic acids is 1. The number of ether oxygens (including phenoxy) is 1. The van der Waals surface area contributed by atoms with Gasteiger partial charge < -0.3 is 10.1 Å². The smallest absolute Gasteiger partial charge is 0.227 e. The molecule has 0 aromatic heterocycles. The highest BCUT2D eigenvalue weighted by Gasteiger charge is 2.12. The van der Waals surface area contributed by atoms with Crippen LogP contribution in [0.3, 0.4) is 0 Å². The number of anilines is 1. The Hall–Kier alpha value is -1.95. The van der Waals surface area contributed by atoms with Crippen LogP contribution in [0.15, 0.2) is 40.9 Å². The van der Waals surface area contributed by atoms with E-state index in [9.17, 15) is 13.6 Å². The summed E-state index contributed by atoms with van der Waals surface area (Å²) >= 11 is 3.01. The largest absolute Gasteiger partial charge is 0.493 e. The van der Waals surface area contributed by atoms with Gasteiger partial charge >= 0.3 is 0 Å². The monoisotopic (exact) mass is 369 g/mol.